The average Bonchev–Trinajstić information content (AvgIpc) is 3.36. The lowest BCUT2D eigenvalue weighted by Gasteiger charge is -2.19. The maximum absolute atomic E-state index is 13.0. The third kappa shape index (κ3) is 6.37. The molecule has 2 N–H and O–H groups in total. The monoisotopic (exact) mass is 448 g/mol. The minimum absolute atomic E-state index is 0.111. The quantitative estimate of drug-likeness (QED) is 0.466. The molecule has 1 aromatic heterocycles. The van der Waals surface area contributed by atoms with Crippen LogP contribution in [0.4, 0.5) is 0 Å². The Kier molecular flexibility index (Phi) is 8.29. The zero-order valence-corrected chi connectivity index (χ0v) is 18.5. The van der Waals surface area contributed by atoms with E-state index in [1.807, 2.05) is 41.8 Å². The predicted octanol–water partition coefficient (Wildman–Crippen LogP) is 3.43. The predicted molar refractivity (Wildman–Crippen MR) is 125 cm³/mol. The van der Waals surface area contributed by atoms with Gasteiger partial charge in [0, 0.05) is 13.0 Å². The number of terminal acetylenes is 1. The Morgan fingerprint density at radius 3 is 2.56 bits per heavy atom. The first kappa shape index (κ1) is 22.9. The summed E-state index contributed by atoms with van der Waals surface area (Å²) in [4.78, 5) is 26.1. The Hall–Kier alpha value is -3.76. The maximum Gasteiger partial charge on any atom is 0.262 e. The van der Waals surface area contributed by atoms with Gasteiger partial charge in [-0.25, -0.2) is 0 Å². The van der Waals surface area contributed by atoms with E-state index in [1.165, 1.54) is 11.3 Å². The first-order chi connectivity index (χ1) is 15.6. The summed E-state index contributed by atoms with van der Waals surface area (Å²) in [6.07, 6.45) is 5.65. The summed E-state index contributed by atoms with van der Waals surface area (Å²) < 4.78 is 10.8. The molecule has 0 fully saturated rings. The molecule has 0 bridgehead atoms. The number of rotatable bonds is 10. The summed E-state index contributed by atoms with van der Waals surface area (Å²) in [6, 6.07) is 17.7. The van der Waals surface area contributed by atoms with E-state index in [9.17, 15) is 9.59 Å². The Morgan fingerprint density at radius 1 is 1.06 bits per heavy atom. The smallest absolute Gasteiger partial charge is 0.262 e. The largest absolute Gasteiger partial charge is 0.493 e. The van der Waals surface area contributed by atoms with Crippen LogP contribution in [0.15, 0.2) is 66.0 Å². The number of nitrogens with one attached hydrogen (secondary N) is 2. The molecule has 0 aliphatic rings. The van der Waals surface area contributed by atoms with Crippen molar-refractivity contribution in [3.05, 3.63) is 82.0 Å². The van der Waals surface area contributed by atoms with Crippen LogP contribution in [0.5, 0.6) is 11.5 Å². The molecular formula is C25H24N2O4S. The van der Waals surface area contributed by atoms with Crippen LogP contribution < -0.4 is 20.1 Å². The Balaban J connectivity index is 1.70. The third-order valence-corrected chi connectivity index (χ3v) is 5.52. The van der Waals surface area contributed by atoms with Gasteiger partial charge in [0.05, 0.1) is 12.0 Å². The summed E-state index contributed by atoms with van der Waals surface area (Å²) >= 11 is 1.33. The highest BCUT2D eigenvalue weighted by molar-refractivity contribution is 7.12. The van der Waals surface area contributed by atoms with Crippen molar-refractivity contribution in [2.24, 2.45) is 0 Å². The van der Waals surface area contributed by atoms with Gasteiger partial charge in [-0.3, -0.25) is 9.59 Å². The van der Waals surface area contributed by atoms with Crippen molar-refractivity contribution in [3.8, 4) is 23.8 Å². The standard InChI is InChI=1S/C25H24N2O4S/c1-3-13-31-22-16-19(11-12-21(22)30-2)17-26-24(28)20(15-18-8-5-4-6-9-18)27-25(29)23-10-7-14-32-23/h1,4-12,14,16,20H,13,15,17H2,2H3,(H,26,28)(H,27,29). The number of carbonyl (C=O) groups excluding carboxylic acids is 2. The Labute approximate surface area is 191 Å². The first-order valence-electron chi connectivity index (χ1n) is 10.00. The summed E-state index contributed by atoms with van der Waals surface area (Å²) in [5, 5.41) is 7.58. The van der Waals surface area contributed by atoms with E-state index in [0.717, 1.165) is 11.1 Å². The highest BCUT2D eigenvalue weighted by Gasteiger charge is 2.22. The van der Waals surface area contributed by atoms with E-state index >= 15 is 0 Å². The second-order valence-corrected chi connectivity index (χ2v) is 7.84. The van der Waals surface area contributed by atoms with Crippen LogP contribution in [0.2, 0.25) is 0 Å². The normalized spacial score (nSPS) is 11.1. The van der Waals surface area contributed by atoms with Crippen LogP contribution in [-0.4, -0.2) is 31.6 Å². The fourth-order valence-corrected chi connectivity index (χ4v) is 3.70. The van der Waals surface area contributed by atoms with Gasteiger partial charge in [-0.15, -0.1) is 17.8 Å². The van der Waals surface area contributed by atoms with Gasteiger partial charge in [0.25, 0.3) is 5.91 Å². The van der Waals surface area contributed by atoms with Crippen molar-refractivity contribution in [1.29, 1.82) is 0 Å². The lowest BCUT2D eigenvalue weighted by atomic mass is 10.0. The zero-order chi connectivity index (χ0) is 22.8. The lowest BCUT2D eigenvalue weighted by Crippen LogP contribution is -2.47. The maximum atomic E-state index is 13.0. The van der Waals surface area contributed by atoms with Crippen molar-refractivity contribution in [2.45, 2.75) is 19.0 Å². The van der Waals surface area contributed by atoms with Gasteiger partial charge in [-0.05, 0) is 34.7 Å². The molecule has 0 spiro atoms. The number of ether oxygens (including phenoxy) is 2. The number of amides is 2. The molecule has 0 saturated carbocycles. The molecule has 164 valence electrons. The number of hydrogen-bond acceptors (Lipinski definition) is 5. The van der Waals surface area contributed by atoms with Gasteiger partial charge in [-0.1, -0.05) is 48.4 Å². The molecule has 2 aromatic carbocycles. The average molecular weight is 449 g/mol. The van der Waals surface area contributed by atoms with Gasteiger partial charge in [0.15, 0.2) is 11.5 Å². The molecule has 6 nitrogen and oxygen atoms in total. The SMILES string of the molecule is C#CCOc1cc(CNC(=O)C(Cc2ccccc2)NC(=O)c2cccs2)ccc1OC. The molecular weight excluding hydrogens is 424 g/mol. The van der Waals surface area contributed by atoms with Crippen LogP contribution in [0.3, 0.4) is 0 Å². The van der Waals surface area contributed by atoms with Crippen molar-refractivity contribution < 1.29 is 19.1 Å². The van der Waals surface area contributed by atoms with Crippen LogP contribution in [0.25, 0.3) is 0 Å². The second kappa shape index (κ2) is 11.6. The van der Waals surface area contributed by atoms with Gasteiger partial charge in [0.2, 0.25) is 5.91 Å². The number of thiophene rings is 1. The Bertz CT molecular complexity index is 1080. The molecule has 1 heterocycles. The molecule has 7 heteroatoms. The van der Waals surface area contributed by atoms with Crippen LogP contribution in [-0.2, 0) is 17.8 Å². The van der Waals surface area contributed by atoms with Crippen LogP contribution >= 0.6 is 11.3 Å². The van der Waals surface area contributed by atoms with Crippen molar-refractivity contribution in [1.82, 2.24) is 10.6 Å². The molecule has 32 heavy (non-hydrogen) atoms. The molecule has 3 aromatic rings. The molecule has 0 aliphatic heterocycles. The fourth-order valence-electron chi connectivity index (χ4n) is 3.07. The van der Waals surface area contributed by atoms with Gasteiger partial charge in [0.1, 0.15) is 12.6 Å². The minimum atomic E-state index is -0.720. The van der Waals surface area contributed by atoms with Crippen molar-refractivity contribution in [2.75, 3.05) is 13.7 Å². The number of methoxy groups -OCH3 is 1. The van der Waals surface area contributed by atoms with E-state index in [0.29, 0.717) is 22.8 Å². The topological polar surface area (TPSA) is 76.7 Å². The lowest BCUT2D eigenvalue weighted by molar-refractivity contribution is -0.123. The molecule has 0 aliphatic carbocycles. The van der Waals surface area contributed by atoms with Crippen molar-refractivity contribution >= 4 is 23.2 Å². The fraction of sp³-hybridized carbons (Fsp3) is 0.200. The first-order valence-corrected chi connectivity index (χ1v) is 10.9. The van der Waals surface area contributed by atoms with E-state index in [4.69, 9.17) is 15.9 Å². The molecule has 0 radical (unpaired) electrons. The van der Waals surface area contributed by atoms with Crippen LogP contribution in [0.1, 0.15) is 20.8 Å². The summed E-state index contributed by atoms with van der Waals surface area (Å²) in [5.41, 5.74) is 1.77. The number of carbonyl (C=O) groups is 2. The highest BCUT2D eigenvalue weighted by atomic mass is 32.1. The van der Waals surface area contributed by atoms with E-state index in [1.54, 1.807) is 31.4 Å². The van der Waals surface area contributed by atoms with Crippen molar-refractivity contribution in [3.63, 3.8) is 0 Å². The van der Waals surface area contributed by atoms with Gasteiger partial charge < -0.3 is 20.1 Å². The number of benzene rings is 2. The minimum Gasteiger partial charge on any atom is -0.493 e. The van der Waals surface area contributed by atoms with E-state index in [2.05, 4.69) is 16.6 Å². The van der Waals surface area contributed by atoms with Crippen LogP contribution in [0, 0.1) is 12.3 Å². The summed E-state index contributed by atoms with van der Waals surface area (Å²) in [7, 11) is 1.55. The molecule has 2 amide bonds. The number of hydrogen-bond donors (Lipinski definition) is 2. The highest BCUT2D eigenvalue weighted by Crippen LogP contribution is 2.28. The Morgan fingerprint density at radius 2 is 1.88 bits per heavy atom. The summed E-state index contributed by atoms with van der Waals surface area (Å²) in [5.74, 6) is 2.93. The molecule has 1 unspecified atom stereocenters. The van der Waals surface area contributed by atoms with Gasteiger partial charge in [-0.2, -0.15) is 0 Å². The second-order valence-electron chi connectivity index (χ2n) is 6.89. The third-order valence-electron chi connectivity index (χ3n) is 4.66. The molecule has 1 atom stereocenters. The van der Waals surface area contributed by atoms with Gasteiger partial charge >= 0.3 is 0 Å². The molecule has 3 rings (SSSR count). The van der Waals surface area contributed by atoms with E-state index < -0.39 is 6.04 Å². The zero-order valence-electron chi connectivity index (χ0n) is 17.7. The summed E-state index contributed by atoms with van der Waals surface area (Å²) in [6.45, 7) is 0.371. The van der Waals surface area contributed by atoms with E-state index in [-0.39, 0.29) is 25.0 Å². The molecule has 0 saturated heterocycles.